The van der Waals surface area contributed by atoms with Gasteiger partial charge in [-0.1, -0.05) is 6.07 Å². The van der Waals surface area contributed by atoms with Crippen molar-refractivity contribution in [2.45, 2.75) is 25.0 Å². The van der Waals surface area contributed by atoms with Crippen molar-refractivity contribution < 1.29 is 13.2 Å². The van der Waals surface area contributed by atoms with E-state index in [4.69, 9.17) is 0 Å². The number of carbonyl (C=O) groups excluding carboxylic acids is 1. The molecule has 1 amide bonds. The van der Waals surface area contributed by atoms with E-state index >= 15 is 0 Å². The average Bonchev–Trinajstić information content (AvgIpc) is 2.81. The summed E-state index contributed by atoms with van der Waals surface area (Å²) in [7, 11) is -3.03. The lowest BCUT2D eigenvalue weighted by Crippen LogP contribution is -2.42. The Morgan fingerprint density at radius 1 is 1.27 bits per heavy atom. The maximum atomic E-state index is 12.8. The standard InChI is InChI=1S/C15H19N3O3S/c1-11-14(18-8-4-3-5-13(18)16-11)15(19)17-9-6-12(7-10-17)22(2,20)21/h3-5,8,12H,6-7,9-10H2,1-2H3. The molecule has 1 fully saturated rings. The highest BCUT2D eigenvalue weighted by Crippen LogP contribution is 2.20. The summed E-state index contributed by atoms with van der Waals surface area (Å²) in [5.41, 5.74) is 2.00. The lowest BCUT2D eigenvalue weighted by atomic mass is 10.1. The quantitative estimate of drug-likeness (QED) is 0.835. The number of hydrogen-bond acceptors (Lipinski definition) is 4. The molecule has 2 aromatic heterocycles. The Bertz CT molecular complexity index is 818. The van der Waals surface area contributed by atoms with Crippen LogP contribution < -0.4 is 0 Å². The number of likely N-dealkylation sites (tertiary alicyclic amines) is 1. The molecule has 1 saturated heterocycles. The van der Waals surface area contributed by atoms with E-state index in [0.29, 0.717) is 37.3 Å². The van der Waals surface area contributed by atoms with Gasteiger partial charge in [0.2, 0.25) is 0 Å². The number of nitrogens with zero attached hydrogens (tertiary/aromatic N) is 3. The summed E-state index contributed by atoms with van der Waals surface area (Å²) in [6, 6.07) is 5.61. The minimum absolute atomic E-state index is 0.0804. The Hall–Kier alpha value is -1.89. The maximum Gasteiger partial charge on any atom is 0.272 e. The van der Waals surface area contributed by atoms with E-state index in [0.717, 1.165) is 5.65 Å². The Morgan fingerprint density at radius 2 is 1.95 bits per heavy atom. The summed E-state index contributed by atoms with van der Waals surface area (Å²) in [6.45, 7) is 2.76. The second-order valence-electron chi connectivity index (χ2n) is 5.80. The smallest absolute Gasteiger partial charge is 0.272 e. The first-order valence-corrected chi connectivity index (χ1v) is 9.25. The molecule has 6 nitrogen and oxygen atoms in total. The van der Waals surface area contributed by atoms with Crippen LogP contribution in [0.1, 0.15) is 29.0 Å². The summed E-state index contributed by atoms with van der Waals surface area (Å²) in [5.74, 6) is -0.0804. The third-order valence-electron chi connectivity index (χ3n) is 4.24. The predicted molar refractivity (Wildman–Crippen MR) is 83.7 cm³/mol. The van der Waals surface area contributed by atoms with Gasteiger partial charge in [-0.25, -0.2) is 13.4 Å². The van der Waals surface area contributed by atoms with Crippen LogP contribution >= 0.6 is 0 Å². The molecule has 22 heavy (non-hydrogen) atoms. The third-order valence-corrected chi connectivity index (χ3v) is 5.92. The van der Waals surface area contributed by atoms with Crippen LogP contribution in [-0.2, 0) is 9.84 Å². The number of sulfone groups is 1. The normalized spacial score (nSPS) is 17.1. The van der Waals surface area contributed by atoms with Gasteiger partial charge in [0.05, 0.1) is 10.9 Å². The summed E-state index contributed by atoms with van der Waals surface area (Å²) in [5, 5.41) is -0.333. The lowest BCUT2D eigenvalue weighted by Gasteiger charge is -2.31. The maximum absolute atomic E-state index is 12.8. The molecule has 118 valence electrons. The van der Waals surface area contributed by atoms with Crippen LogP contribution in [0.5, 0.6) is 0 Å². The largest absolute Gasteiger partial charge is 0.337 e. The summed E-state index contributed by atoms with van der Waals surface area (Å²) in [6.07, 6.45) is 4.09. The highest BCUT2D eigenvalue weighted by Gasteiger charge is 2.30. The molecule has 2 aromatic rings. The average molecular weight is 321 g/mol. The van der Waals surface area contributed by atoms with Gasteiger partial charge in [0.1, 0.15) is 21.2 Å². The fourth-order valence-electron chi connectivity index (χ4n) is 3.01. The van der Waals surface area contributed by atoms with Crippen molar-refractivity contribution in [3.8, 4) is 0 Å². The topological polar surface area (TPSA) is 71.8 Å². The van der Waals surface area contributed by atoms with E-state index in [1.807, 2.05) is 31.3 Å². The van der Waals surface area contributed by atoms with Crippen LogP contribution in [0.2, 0.25) is 0 Å². The van der Waals surface area contributed by atoms with Crippen LogP contribution in [-0.4, -0.2) is 53.2 Å². The number of carbonyl (C=O) groups is 1. The molecule has 7 heteroatoms. The van der Waals surface area contributed by atoms with Crippen molar-refractivity contribution in [3.63, 3.8) is 0 Å². The summed E-state index contributed by atoms with van der Waals surface area (Å²) < 4.78 is 25.0. The number of imidazole rings is 1. The Morgan fingerprint density at radius 3 is 2.59 bits per heavy atom. The highest BCUT2D eigenvalue weighted by molar-refractivity contribution is 7.91. The molecule has 0 aliphatic carbocycles. The lowest BCUT2D eigenvalue weighted by molar-refractivity contribution is 0.0718. The minimum Gasteiger partial charge on any atom is -0.337 e. The van der Waals surface area contributed by atoms with Gasteiger partial charge < -0.3 is 4.90 Å². The van der Waals surface area contributed by atoms with E-state index in [2.05, 4.69) is 4.98 Å². The molecule has 0 spiro atoms. The first kappa shape index (κ1) is 15.0. The molecule has 0 unspecified atom stereocenters. The molecular formula is C15H19N3O3S. The third kappa shape index (κ3) is 2.61. The summed E-state index contributed by atoms with van der Waals surface area (Å²) in [4.78, 5) is 18.9. The van der Waals surface area contributed by atoms with Gasteiger partial charge in [-0.2, -0.15) is 0 Å². The Kier molecular flexibility index (Phi) is 3.68. The van der Waals surface area contributed by atoms with Crippen molar-refractivity contribution in [2.24, 2.45) is 0 Å². The van der Waals surface area contributed by atoms with Crippen LogP contribution in [0, 0.1) is 6.92 Å². The zero-order valence-corrected chi connectivity index (χ0v) is 13.5. The van der Waals surface area contributed by atoms with Gasteiger partial charge in [-0.15, -0.1) is 0 Å². The molecule has 0 saturated carbocycles. The SMILES string of the molecule is Cc1nc2ccccn2c1C(=O)N1CCC(S(C)(=O)=O)CC1. The number of amides is 1. The van der Waals surface area contributed by atoms with Crippen molar-refractivity contribution in [2.75, 3.05) is 19.3 Å². The van der Waals surface area contributed by atoms with Gasteiger partial charge in [-0.05, 0) is 31.9 Å². The molecule has 3 heterocycles. The number of aromatic nitrogens is 2. The summed E-state index contributed by atoms with van der Waals surface area (Å²) >= 11 is 0. The number of piperidine rings is 1. The molecule has 0 aromatic carbocycles. The van der Waals surface area contributed by atoms with E-state index in [1.54, 1.807) is 9.30 Å². The minimum atomic E-state index is -3.03. The van der Waals surface area contributed by atoms with Crippen molar-refractivity contribution in [1.29, 1.82) is 0 Å². The van der Waals surface area contributed by atoms with E-state index in [1.165, 1.54) is 6.26 Å². The van der Waals surface area contributed by atoms with E-state index in [9.17, 15) is 13.2 Å². The molecule has 0 N–H and O–H groups in total. The van der Waals surface area contributed by atoms with Crippen LogP contribution in [0.15, 0.2) is 24.4 Å². The van der Waals surface area contributed by atoms with Crippen LogP contribution in [0.4, 0.5) is 0 Å². The van der Waals surface area contributed by atoms with Gasteiger partial charge >= 0.3 is 0 Å². The van der Waals surface area contributed by atoms with Gasteiger partial charge in [-0.3, -0.25) is 9.20 Å². The molecule has 1 aliphatic rings. The fraction of sp³-hybridized carbons (Fsp3) is 0.467. The number of rotatable bonds is 2. The second-order valence-corrected chi connectivity index (χ2v) is 8.12. The molecule has 0 radical (unpaired) electrons. The Balaban J connectivity index is 1.84. The molecule has 0 atom stereocenters. The van der Waals surface area contributed by atoms with Gasteiger partial charge in [0, 0.05) is 25.5 Å². The van der Waals surface area contributed by atoms with Crippen LogP contribution in [0.3, 0.4) is 0 Å². The number of aryl methyl sites for hydroxylation is 1. The molecular weight excluding hydrogens is 302 g/mol. The predicted octanol–water partition coefficient (Wildman–Crippen LogP) is 1.29. The zero-order chi connectivity index (χ0) is 15.9. The first-order chi connectivity index (χ1) is 10.4. The monoisotopic (exact) mass is 321 g/mol. The van der Waals surface area contributed by atoms with Crippen molar-refractivity contribution >= 4 is 21.4 Å². The molecule has 3 rings (SSSR count). The van der Waals surface area contributed by atoms with E-state index < -0.39 is 9.84 Å². The second kappa shape index (κ2) is 5.39. The number of pyridine rings is 1. The van der Waals surface area contributed by atoms with Crippen molar-refractivity contribution in [1.82, 2.24) is 14.3 Å². The van der Waals surface area contributed by atoms with Gasteiger partial charge in [0.15, 0.2) is 0 Å². The first-order valence-electron chi connectivity index (χ1n) is 7.30. The van der Waals surface area contributed by atoms with Crippen molar-refractivity contribution in [3.05, 3.63) is 35.8 Å². The Labute approximate surface area is 129 Å². The van der Waals surface area contributed by atoms with E-state index in [-0.39, 0.29) is 11.2 Å². The van der Waals surface area contributed by atoms with Crippen LogP contribution in [0.25, 0.3) is 5.65 Å². The molecule has 0 bridgehead atoms. The number of hydrogen-bond donors (Lipinski definition) is 0. The zero-order valence-electron chi connectivity index (χ0n) is 12.7. The van der Waals surface area contributed by atoms with Gasteiger partial charge in [0.25, 0.3) is 5.91 Å². The molecule has 1 aliphatic heterocycles. The fourth-order valence-corrected chi connectivity index (χ4v) is 4.08. The number of fused-ring (bicyclic) bond motifs is 1. The highest BCUT2D eigenvalue weighted by atomic mass is 32.2.